The van der Waals surface area contributed by atoms with Gasteiger partial charge in [0.05, 0.1) is 7.11 Å². The average molecular weight is 301 g/mol. The molecule has 0 unspecified atom stereocenters. The zero-order valence-corrected chi connectivity index (χ0v) is 13.4. The van der Waals surface area contributed by atoms with Gasteiger partial charge in [0.25, 0.3) is 0 Å². The van der Waals surface area contributed by atoms with Gasteiger partial charge in [0.2, 0.25) is 0 Å². The molecule has 7 nitrogen and oxygen atoms in total. The zero-order valence-electron chi connectivity index (χ0n) is 13.4. The van der Waals surface area contributed by atoms with Gasteiger partial charge in [0, 0.05) is 19.1 Å². The van der Waals surface area contributed by atoms with E-state index in [1.807, 2.05) is 20.8 Å². The summed E-state index contributed by atoms with van der Waals surface area (Å²) in [5.41, 5.74) is -0.527. The number of nitrogens with one attached hydrogen (secondary N) is 2. The molecule has 0 aromatic carbocycles. The summed E-state index contributed by atoms with van der Waals surface area (Å²) in [6.07, 6.45) is 0.953. The highest BCUT2D eigenvalue weighted by molar-refractivity contribution is 5.69. The third-order valence-corrected chi connectivity index (χ3v) is 3.18. The van der Waals surface area contributed by atoms with Crippen molar-refractivity contribution in [2.75, 3.05) is 33.3 Å². The molecule has 0 aliphatic carbocycles. The van der Waals surface area contributed by atoms with E-state index in [1.165, 1.54) is 7.11 Å². The Kier molecular flexibility index (Phi) is 6.74. The molecule has 1 rings (SSSR count). The smallest absolute Gasteiger partial charge is 0.409 e. The Morgan fingerprint density at radius 1 is 1.29 bits per heavy atom. The number of methoxy groups -OCH3 is 1. The van der Waals surface area contributed by atoms with Gasteiger partial charge in [-0.2, -0.15) is 0 Å². The fourth-order valence-corrected chi connectivity index (χ4v) is 2.25. The van der Waals surface area contributed by atoms with Crippen LogP contribution in [0.5, 0.6) is 0 Å². The Bertz CT molecular complexity index is 349. The largest absolute Gasteiger partial charge is 0.453 e. The molecule has 1 heterocycles. The highest BCUT2D eigenvalue weighted by Crippen LogP contribution is 2.12. The van der Waals surface area contributed by atoms with Gasteiger partial charge >= 0.3 is 12.2 Å². The molecule has 2 N–H and O–H groups in total. The van der Waals surface area contributed by atoms with Crippen molar-refractivity contribution < 1.29 is 19.1 Å². The van der Waals surface area contributed by atoms with Crippen LogP contribution in [0, 0.1) is 0 Å². The standard InChI is InChI=1S/C14H27N3O4/c1-14(2,3)21-12(18)16-9-10-17(13(19)20-4)11-5-7-15-8-6-11/h11,15H,5-10H2,1-4H3,(H,16,18). The van der Waals surface area contributed by atoms with Gasteiger partial charge in [0.1, 0.15) is 5.60 Å². The van der Waals surface area contributed by atoms with Crippen LogP contribution in [0.3, 0.4) is 0 Å². The average Bonchev–Trinajstić information content (AvgIpc) is 2.42. The molecule has 0 aromatic rings. The number of piperidine rings is 1. The molecule has 0 spiro atoms. The molecular formula is C14H27N3O4. The van der Waals surface area contributed by atoms with Crippen molar-refractivity contribution in [1.29, 1.82) is 0 Å². The van der Waals surface area contributed by atoms with Crippen molar-refractivity contribution in [3.05, 3.63) is 0 Å². The van der Waals surface area contributed by atoms with Crippen LogP contribution in [0.2, 0.25) is 0 Å². The third kappa shape index (κ3) is 6.66. The first-order valence-electron chi connectivity index (χ1n) is 7.35. The monoisotopic (exact) mass is 301 g/mol. The first-order valence-corrected chi connectivity index (χ1v) is 7.35. The minimum Gasteiger partial charge on any atom is -0.453 e. The van der Waals surface area contributed by atoms with Crippen LogP contribution in [-0.4, -0.2) is 62.0 Å². The van der Waals surface area contributed by atoms with Crippen LogP contribution >= 0.6 is 0 Å². The van der Waals surface area contributed by atoms with E-state index in [9.17, 15) is 9.59 Å². The second-order valence-corrected chi connectivity index (χ2v) is 6.07. The molecule has 1 fully saturated rings. The lowest BCUT2D eigenvalue weighted by Gasteiger charge is -2.33. The van der Waals surface area contributed by atoms with Gasteiger partial charge in [-0.25, -0.2) is 9.59 Å². The molecule has 2 amide bonds. The Labute approximate surface area is 126 Å². The number of nitrogens with zero attached hydrogens (tertiary/aromatic N) is 1. The van der Waals surface area contributed by atoms with Crippen molar-refractivity contribution >= 4 is 12.2 Å². The summed E-state index contributed by atoms with van der Waals surface area (Å²) >= 11 is 0. The molecule has 0 radical (unpaired) electrons. The van der Waals surface area contributed by atoms with Crippen LogP contribution in [0.25, 0.3) is 0 Å². The van der Waals surface area contributed by atoms with Crippen LogP contribution < -0.4 is 10.6 Å². The van der Waals surface area contributed by atoms with E-state index in [4.69, 9.17) is 9.47 Å². The molecule has 0 saturated carbocycles. The maximum atomic E-state index is 11.9. The Hall–Kier alpha value is -1.50. The number of ether oxygens (including phenoxy) is 2. The summed E-state index contributed by atoms with van der Waals surface area (Å²) in [6, 6.07) is 0.152. The van der Waals surface area contributed by atoms with Crippen LogP contribution in [0.1, 0.15) is 33.6 Å². The summed E-state index contributed by atoms with van der Waals surface area (Å²) < 4.78 is 9.98. The van der Waals surface area contributed by atoms with Crippen LogP contribution in [0.15, 0.2) is 0 Å². The molecule has 7 heteroatoms. The van der Waals surface area contributed by atoms with E-state index in [1.54, 1.807) is 4.90 Å². The topological polar surface area (TPSA) is 79.9 Å². The quantitative estimate of drug-likeness (QED) is 0.819. The third-order valence-electron chi connectivity index (χ3n) is 3.18. The summed E-state index contributed by atoms with van der Waals surface area (Å²) in [5, 5.41) is 5.92. The number of carbonyl (C=O) groups excluding carboxylic acids is 2. The fourth-order valence-electron chi connectivity index (χ4n) is 2.25. The van der Waals surface area contributed by atoms with E-state index >= 15 is 0 Å². The van der Waals surface area contributed by atoms with Crippen molar-refractivity contribution in [1.82, 2.24) is 15.5 Å². The first-order chi connectivity index (χ1) is 9.83. The van der Waals surface area contributed by atoms with Gasteiger partial charge in [0.15, 0.2) is 0 Å². The maximum Gasteiger partial charge on any atom is 0.409 e. The fraction of sp³-hybridized carbons (Fsp3) is 0.857. The highest BCUT2D eigenvalue weighted by atomic mass is 16.6. The number of alkyl carbamates (subject to hydrolysis) is 1. The van der Waals surface area contributed by atoms with Crippen LogP contribution in [-0.2, 0) is 9.47 Å². The molecule has 0 atom stereocenters. The molecule has 1 aliphatic rings. The minimum atomic E-state index is -0.527. The van der Waals surface area contributed by atoms with E-state index < -0.39 is 11.7 Å². The Morgan fingerprint density at radius 2 is 1.90 bits per heavy atom. The van der Waals surface area contributed by atoms with Gasteiger partial charge in [-0.15, -0.1) is 0 Å². The van der Waals surface area contributed by atoms with Gasteiger partial charge in [-0.3, -0.25) is 0 Å². The lowest BCUT2D eigenvalue weighted by Crippen LogP contribution is -2.49. The molecule has 21 heavy (non-hydrogen) atoms. The van der Waals surface area contributed by atoms with Crippen LogP contribution in [0.4, 0.5) is 9.59 Å². The minimum absolute atomic E-state index is 0.152. The molecule has 0 aromatic heterocycles. The highest BCUT2D eigenvalue weighted by Gasteiger charge is 2.26. The number of hydrogen-bond donors (Lipinski definition) is 2. The molecule has 0 bridgehead atoms. The predicted molar refractivity (Wildman–Crippen MR) is 79.2 cm³/mol. The first kappa shape index (κ1) is 17.6. The zero-order chi connectivity index (χ0) is 15.9. The summed E-state index contributed by atoms with van der Waals surface area (Å²) in [6.45, 7) is 7.95. The lowest BCUT2D eigenvalue weighted by atomic mass is 10.1. The number of hydrogen-bond acceptors (Lipinski definition) is 5. The van der Waals surface area contributed by atoms with E-state index in [0.29, 0.717) is 13.1 Å². The summed E-state index contributed by atoms with van der Waals surface area (Å²) in [5.74, 6) is 0. The van der Waals surface area contributed by atoms with Gasteiger partial charge in [-0.1, -0.05) is 0 Å². The molecular weight excluding hydrogens is 274 g/mol. The second kappa shape index (κ2) is 8.07. The number of rotatable bonds is 4. The Balaban J connectivity index is 2.42. The molecule has 122 valence electrons. The predicted octanol–water partition coefficient (Wildman–Crippen LogP) is 1.33. The maximum absolute atomic E-state index is 11.9. The van der Waals surface area contributed by atoms with Crippen molar-refractivity contribution in [3.63, 3.8) is 0 Å². The summed E-state index contributed by atoms with van der Waals surface area (Å²) in [4.78, 5) is 25.1. The number of amides is 2. The molecule has 1 saturated heterocycles. The van der Waals surface area contributed by atoms with Crippen molar-refractivity contribution in [3.8, 4) is 0 Å². The second-order valence-electron chi connectivity index (χ2n) is 6.07. The van der Waals surface area contributed by atoms with Gasteiger partial charge < -0.3 is 25.0 Å². The summed E-state index contributed by atoms with van der Waals surface area (Å²) in [7, 11) is 1.37. The lowest BCUT2D eigenvalue weighted by molar-refractivity contribution is 0.0509. The SMILES string of the molecule is COC(=O)N(CCNC(=O)OC(C)(C)C)C1CCNCC1. The van der Waals surface area contributed by atoms with Crippen molar-refractivity contribution in [2.45, 2.75) is 45.3 Å². The van der Waals surface area contributed by atoms with Crippen molar-refractivity contribution in [2.24, 2.45) is 0 Å². The number of carbonyl (C=O) groups is 2. The van der Waals surface area contributed by atoms with Gasteiger partial charge in [-0.05, 0) is 46.7 Å². The Morgan fingerprint density at radius 3 is 2.43 bits per heavy atom. The normalized spacial score (nSPS) is 16.2. The molecule has 1 aliphatic heterocycles. The van der Waals surface area contributed by atoms with E-state index in [0.717, 1.165) is 25.9 Å². The van der Waals surface area contributed by atoms with E-state index in [2.05, 4.69) is 10.6 Å². The van der Waals surface area contributed by atoms with E-state index in [-0.39, 0.29) is 12.1 Å².